The number of carbonyl (C=O) groups excluding carboxylic acids is 3. The van der Waals surface area contributed by atoms with Gasteiger partial charge in [0.15, 0.2) is 34.9 Å². The molecule has 138 heavy (non-hydrogen) atoms. The molecule has 0 spiro atoms. The number of amides is 3. The fourth-order valence-electron chi connectivity index (χ4n) is 17.5. The normalized spacial score (nSPS) is 15.0. The van der Waals surface area contributed by atoms with Gasteiger partial charge >= 0.3 is 0 Å². The number of nitriles is 3. The van der Waals surface area contributed by atoms with E-state index in [2.05, 4.69) is 51.8 Å². The van der Waals surface area contributed by atoms with E-state index in [4.69, 9.17) is 132 Å². The summed E-state index contributed by atoms with van der Waals surface area (Å²) in [6.07, 6.45) is 8.52. The van der Waals surface area contributed by atoms with Crippen molar-refractivity contribution in [2.45, 2.75) is 119 Å². The van der Waals surface area contributed by atoms with Gasteiger partial charge in [0.1, 0.15) is 51.8 Å². The Bertz CT molecular complexity index is 6790. The van der Waals surface area contributed by atoms with Crippen LogP contribution in [-0.4, -0.2) is 153 Å². The number of hydrogen-bond donors (Lipinski definition) is 3. The maximum atomic E-state index is 15.7. The number of halogens is 15. The van der Waals surface area contributed by atoms with Gasteiger partial charge in [0.05, 0.1) is 147 Å². The number of nitrogen functional groups attached to an aromatic ring is 3. The molecule has 0 radical (unpaired) electrons. The van der Waals surface area contributed by atoms with Gasteiger partial charge in [-0.2, -0.15) is 15.8 Å². The predicted octanol–water partition coefficient (Wildman–Crippen LogP) is 20.4. The number of rotatable bonds is 15. The minimum absolute atomic E-state index is 0.0538. The number of nitrogens with zero attached hydrogens (tertiary/aromatic N) is 18. The Morgan fingerprint density at radius 2 is 0.667 bits per heavy atom. The summed E-state index contributed by atoms with van der Waals surface area (Å²) in [4.78, 5) is 119. The molecule has 0 unspecified atom stereocenters. The van der Waals surface area contributed by atoms with E-state index in [0.717, 1.165) is 4.57 Å². The molecular formula is C96H84Cl9F6N21O6. The van der Waals surface area contributed by atoms with Gasteiger partial charge in [0.2, 0.25) is 17.7 Å². The Balaban J connectivity index is 0.000000175. The first-order valence-electron chi connectivity index (χ1n) is 42.6. The van der Waals surface area contributed by atoms with Crippen LogP contribution in [0.1, 0.15) is 131 Å². The quantitative estimate of drug-likeness (QED) is 0.0282. The molecule has 3 aliphatic rings. The van der Waals surface area contributed by atoms with Crippen LogP contribution in [0.5, 0.6) is 0 Å². The Labute approximate surface area is 831 Å². The lowest BCUT2D eigenvalue weighted by molar-refractivity contribution is -0.129. The molecule has 15 rings (SSSR count). The number of nitrogens with two attached hydrogens (primary N) is 3. The van der Waals surface area contributed by atoms with Crippen molar-refractivity contribution in [3.05, 3.63) is 255 Å². The fourth-order valence-corrected chi connectivity index (χ4v) is 19.6. The van der Waals surface area contributed by atoms with Crippen LogP contribution in [0.15, 0.2) is 107 Å². The first kappa shape index (κ1) is 103. The van der Waals surface area contributed by atoms with Crippen molar-refractivity contribution in [1.82, 2.24) is 58.3 Å². The van der Waals surface area contributed by atoms with Crippen molar-refractivity contribution in [1.29, 1.82) is 15.8 Å². The lowest BCUT2D eigenvalue weighted by Gasteiger charge is -2.41. The SMILES string of the molecule is C=CC(=O)N1CCN(c2c(C#N)c(=O)n(-c3c(C)ccnc3C(C)C)c3nc(-c4c(F)c(Cl)c(Cl)c(N)c4Cl)c(Cl)cc23)C[C@H]1C.C=CC(=O)N1CCN(c2c(C#N)c(=O)n(-c3c(C)ccnc3C(C)C)c3nc(-c4c(F)c(Cl)c(Cl)c(N)c4Cl)c(Cl)cc23)C[C@H]1C.C=CC(=O)N1CCN(c2c(C#N)c(=O)n(-c3c(C)ccnc3C(C)C)c3nc(-c4c(N)c(F)c(F)c(F)c4F)c(Cl)cc23)C[C@H]1C. The van der Waals surface area contributed by atoms with Crippen molar-refractivity contribution in [3.63, 3.8) is 0 Å². The number of piperazine rings is 3. The molecule has 9 aromatic heterocycles. The van der Waals surface area contributed by atoms with Gasteiger partial charge in [0.25, 0.3) is 16.7 Å². The molecule has 3 amide bonds. The highest BCUT2D eigenvalue weighted by Crippen LogP contribution is 2.51. The summed E-state index contributed by atoms with van der Waals surface area (Å²) in [7, 11) is 0. The molecule has 27 nitrogen and oxygen atoms in total. The van der Waals surface area contributed by atoms with Crippen molar-refractivity contribution in [2.24, 2.45) is 0 Å². The number of carbonyl (C=O) groups is 3. The number of aryl methyl sites for hydroxylation is 3. The second-order valence-electron chi connectivity index (χ2n) is 33.8. The van der Waals surface area contributed by atoms with Crippen LogP contribution in [0.4, 0.5) is 60.5 Å². The van der Waals surface area contributed by atoms with E-state index < -0.39 is 78.6 Å². The van der Waals surface area contributed by atoms with E-state index in [-0.39, 0.29) is 204 Å². The van der Waals surface area contributed by atoms with Crippen molar-refractivity contribution in [3.8, 4) is 69.0 Å². The molecule has 0 bridgehead atoms. The lowest BCUT2D eigenvalue weighted by Crippen LogP contribution is -2.54. The summed E-state index contributed by atoms with van der Waals surface area (Å²) in [5.41, 5.74) is 16.7. The van der Waals surface area contributed by atoms with E-state index in [1.807, 2.05) is 85.1 Å². The van der Waals surface area contributed by atoms with Crippen LogP contribution in [0.2, 0.25) is 45.2 Å². The number of aromatic nitrogens is 9. The molecule has 714 valence electrons. The van der Waals surface area contributed by atoms with E-state index >= 15 is 13.2 Å². The smallest absolute Gasteiger partial charge is 0.276 e. The summed E-state index contributed by atoms with van der Waals surface area (Å²) in [6, 6.07) is 14.7. The maximum absolute atomic E-state index is 15.7. The Morgan fingerprint density at radius 3 is 0.920 bits per heavy atom. The van der Waals surface area contributed by atoms with E-state index in [0.29, 0.717) is 95.2 Å². The molecule has 6 N–H and O–H groups in total. The number of anilines is 6. The average molecular weight is 2060 g/mol. The first-order valence-corrected chi connectivity index (χ1v) is 46.0. The van der Waals surface area contributed by atoms with E-state index in [1.54, 1.807) is 70.2 Å². The summed E-state index contributed by atoms with van der Waals surface area (Å²) < 4.78 is 93.6. The van der Waals surface area contributed by atoms with Crippen molar-refractivity contribution in [2.75, 3.05) is 90.8 Å². The van der Waals surface area contributed by atoms with Crippen LogP contribution in [-0.2, 0) is 14.4 Å². The summed E-state index contributed by atoms with van der Waals surface area (Å²) in [5, 5.41) is 29.7. The molecule has 0 aliphatic carbocycles. The number of pyridine rings is 9. The predicted molar refractivity (Wildman–Crippen MR) is 531 cm³/mol. The summed E-state index contributed by atoms with van der Waals surface area (Å²) in [5.74, 6) is -11.1. The van der Waals surface area contributed by atoms with Crippen LogP contribution in [0.3, 0.4) is 0 Å². The molecule has 12 heterocycles. The van der Waals surface area contributed by atoms with Gasteiger partial charge < -0.3 is 46.6 Å². The third kappa shape index (κ3) is 18.0. The van der Waals surface area contributed by atoms with Gasteiger partial charge in [-0.1, -0.05) is 166 Å². The second kappa shape index (κ2) is 40.8. The van der Waals surface area contributed by atoms with Gasteiger partial charge in [-0.3, -0.25) is 57.4 Å². The highest BCUT2D eigenvalue weighted by atomic mass is 35.5. The Hall–Kier alpha value is -12.7. The third-order valence-electron chi connectivity index (χ3n) is 24.2. The molecule has 42 heteroatoms. The maximum Gasteiger partial charge on any atom is 0.276 e. The molecule has 3 aromatic carbocycles. The monoisotopic (exact) mass is 2060 g/mol. The minimum atomic E-state index is -2.12. The van der Waals surface area contributed by atoms with E-state index in [9.17, 15) is 57.7 Å². The highest BCUT2D eigenvalue weighted by molar-refractivity contribution is 6.48. The topological polar surface area (TPSA) is 363 Å². The zero-order valence-corrected chi connectivity index (χ0v) is 82.6. The standard InChI is InChI=1S/2C32H28Cl4FN7O2.C32H28ClF4N7O2/c2*1-6-20(45)43-10-9-42(13-16(43)5)30-17-11-19(33)28(21-22(34)26(39)24(36)23(35)25(21)37)41-31(17)44(32(46)18(30)12-38)29-15(4)7-8-40-27(29)14(2)3;1-6-20(45)43-10-9-42(13-16(43)5)30-17-11-19(33)28(21-22(34)23(35)24(36)25(37)26(21)39)41-31(17)44(32(46)18(30)12-38)29-15(4)7-8-40-27(29)14(2)3/h3*6-8,11,14,16H,1,9-10,13,39H2,2-5H3/t3*16-/m111/s1. The van der Waals surface area contributed by atoms with Gasteiger partial charge in [-0.05, 0) is 131 Å². The molecule has 3 fully saturated rings. The lowest BCUT2D eigenvalue weighted by atomic mass is 10.0. The summed E-state index contributed by atoms with van der Waals surface area (Å²) in [6.45, 7) is 35.4. The number of hydrogen-bond acceptors (Lipinski definition) is 21. The highest BCUT2D eigenvalue weighted by Gasteiger charge is 2.40. The average Bonchev–Trinajstić information content (AvgIpc) is 0.726. The molecule has 3 saturated heterocycles. The van der Waals surface area contributed by atoms with Crippen LogP contribution in [0, 0.1) is 89.7 Å². The van der Waals surface area contributed by atoms with E-state index in [1.165, 1.54) is 45.6 Å². The second-order valence-corrected chi connectivity index (χ2v) is 37.3. The molecular weight excluding hydrogens is 1980 g/mol. The van der Waals surface area contributed by atoms with Crippen molar-refractivity contribution < 1.29 is 40.7 Å². The van der Waals surface area contributed by atoms with Crippen molar-refractivity contribution >= 4 is 189 Å². The molecule has 3 atom stereocenters. The minimum Gasteiger partial charge on any atom is -0.396 e. The largest absolute Gasteiger partial charge is 0.396 e. The van der Waals surface area contributed by atoms with Gasteiger partial charge in [-0.25, -0.2) is 41.3 Å². The summed E-state index contributed by atoms with van der Waals surface area (Å²) >= 11 is 57.8. The number of benzene rings is 3. The first-order chi connectivity index (χ1) is 65.2. The third-order valence-corrected chi connectivity index (χ3v) is 27.5. The Kier molecular flexibility index (Phi) is 30.3. The fraction of sp³-hybridized carbons (Fsp3) is 0.281. The zero-order chi connectivity index (χ0) is 101. The zero-order valence-electron chi connectivity index (χ0n) is 75.8. The van der Waals surface area contributed by atoms with Gasteiger partial charge in [-0.15, -0.1) is 0 Å². The molecule has 12 aromatic rings. The number of fused-ring (bicyclic) bond motifs is 3. The van der Waals surface area contributed by atoms with Crippen LogP contribution in [0.25, 0.3) is 83.9 Å². The van der Waals surface area contributed by atoms with Crippen LogP contribution < -0.4 is 48.6 Å². The van der Waals surface area contributed by atoms with Crippen LogP contribution >= 0.6 is 104 Å². The van der Waals surface area contributed by atoms with Gasteiger partial charge in [0, 0.05) is 112 Å². The Morgan fingerprint density at radius 1 is 0.399 bits per heavy atom. The molecule has 0 saturated carbocycles. The molecule has 3 aliphatic heterocycles.